The van der Waals surface area contributed by atoms with Crippen LogP contribution in [0.25, 0.3) is 0 Å². The van der Waals surface area contributed by atoms with Gasteiger partial charge in [0.15, 0.2) is 5.96 Å². The summed E-state index contributed by atoms with van der Waals surface area (Å²) in [5.41, 5.74) is 16.0. The molecule has 4 unspecified atom stereocenters. The van der Waals surface area contributed by atoms with Gasteiger partial charge in [-0.15, -0.1) is 0 Å². The molecule has 10 N–H and O–H groups in total. The summed E-state index contributed by atoms with van der Waals surface area (Å²) in [4.78, 5) is 52.9. The molecule has 0 bridgehead atoms. The Balaban J connectivity index is 5.23. The van der Waals surface area contributed by atoms with Crippen molar-refractivity contribution in [2.75, 3.05) is 18.6 Å². The SMILES string of the molecule is CSCCC(NC(=O)C(C)N)C(=O)NC(C(=O)NC(CCCN=C(N)N)C(=O)O)C(C)C. The van der Waals surface area contributed by atoms with E-state index in [2.05, 4.69) is 20.9 Å². The van der Waals surface area contributed by atoms with Gasteiger partial charge in [0.1, 0.15) is 18.1 Å². The summed E-state index contributed by atoms with van der Waals surface area (Å²) in [5, 5.41) is 17.1. The minimum absolute atomic E-state index is 0.101. The maximum atomic E-state index is 12.8. The van der Waals surface area contributed by atoms with Gasteiger partial charge in [0, 0.05) is 6.54 Å². The number of carbonyl (C=O) groups excluding carboxylic acids is 3. The number of carboxylic acids is 1. The van der Waals surface area contributed by atoms with E-state index in [1.54, 1.807) is 13.8 Å². The van der Waals surface area contributed by atoms with Crippen LogP contribution in [0.5, 0.6) is 0 Å². The largest absolute Gasteiger partial charge is 0.480 e. The third kappa shape index (κ3) is 11.7. The Morgan fingerprint density at radius 1 is 0.938 bits per heavy atom. The zero-order valence-electron chi connectivity index (χ0n) is 19.1. The zero-order valence-corrected chi connectivity index (χ0v) is 19.9. The second-order valence-electron chi connectivity index (χ2n) is 7.71. The van der Waals surface area contributed by atoms with Gasteiger partial charge in [-0.05, 0) is 44.1 Å². The lowest BCUT2D eigenvalue weighted by Gasteiger charge is -2.27. The second-order valence-corrected chi connectivity index (χ2v) is 8.70. The van der Waals surface area contributed by atoms with Crippen LogP contribution in [0.4, 0.5) is 0 Å². The fraction of sp³-hybridized carbons (Fsp3) is 0.737. The number of nitrogens with two attached hydrogens (primary N) is 3. The number of nitrogens with zero attached hydrogens (tertiary/aromatic N) is 1. The van der Waals surface area contributed by atoms with Gasteiger partial charge in [-0.2, -0.15) is 11.8 Å². The van der Waals surface area contributed by atoms with Gasteiger partial charge in [-0.1, -0.05) is 13.8 Å². The number of nitrogens with one attached hydrogen (secondary N) is 3. The fourth-order valence-electron chi connectivity index (χ4n) is 2.62. The maximum Gasteiger partial charge on any atom is 0.326 e. The Kier molecular flexibility index (Phi) is 14.1. The van der Waals surface area contributed by atoms with E-state index in [1.165, 1.54) is 18.7 Å². The first-order valence-electron chi connectivity index (χ1n) is 10.3. The van der Waals surface area contributed by atoms with Crippen molar-refractivity contribution in [2.45, 2.75) is 64.2 Å². The highest BCUT2D eigenvalue weighted by molar-refractivity contribution is 7.98. The Morgan fingerprint density at radius 3 is 2.00 bits per heavy atom. The molecule has 0 aliphatic rings. The molecule has 0 aromatic rings. The average molecular weight is 476 g/mol. The summed E-state index contributed by atoms with van der Waals surface area (Å²) in [6.45, 7) is 5.16. The number of amides is 3. The Labute approximate surface area is 192 Å². The third-order valence-electron chi connectivity index (χ3n) is 4.46. The van der Waals surface area contributed by atoms with Crippen molar-refractivity contribution < 1.29 is 24.3 Å². The average Bonchev–Trinajstić information content (AvgIpc) is 2.70. The Morgan fingerprint density at radius 2 is 1.53 bits per heavy atom. The molecule has 0 aromatic carbocycles. The quantitative estimate of drug-likeness (QED) is 0.0817. The number of aliphatic imine (C=N–C) groups is 1. The molecule has 0 saturated carbocycles. The first-order chi connectivity index (χ1) is 14.9. The minimum atomic E-state index is -1.21. The molecular weight excluding hydrogens is 438 g/mol. The van der Waals surface area contributed by atoms with Crippen molar-refractivity contribution in [1.29, 1.82) is 0 Å². The molecule has 0 fully saturated rings. The molecule has 184 valence electrons. The standard InChI is InChI=1S/C19H37N7O5S/c1-10(2)14(17(29)25-13(18(30)31)6-5-8-23-19(21)22)26-16(28)12(7-9-32-4)24-15(27)11(3)20/h10-14H,5-9,20H2,1-4H3,(H,24,27)(H,25,29)(H,26,28)(H,30,31)(H4,21,22,23). The lowest BCUT2D eigenvalue weighted by Crippen LogP contribution is -2.58. The fourth-order valence-corrected chi connectivity index (χ4v) is 3.09. The van der Waals surface area contributed by atoms with Crippen LogP contribution in [0.3, 0.4) is 0 Å². The van der Waals surface area contributed by atoms with E-state index < -0.39 is 47.9 Å². The highest BCUT2D eigenvalue weighted by Gasteiger charge is 2.31. The van der Waals surface area contributed by atoms with Crippen LogP contribution in [0, 0.1) is 5.92 Å². The Bertz CT molecular complexity index is 668. The lowest BCUT2D eigenvalue weighted by molar-refractivity contribution is -0.142. The molecule has 0 aliphatic carbocycles. The maximum absolute atomic E-state index is 12.8. The van der Waals surface area contributed by atoms with Crippen molar-refractivity contribution in [1.82, 2.24) is 16.0 Å². The molecule has 4 atom stereocenters. The van der Waals surface area contributed by atoms with Gasteiger partial charge in [-0.25, -0.2) is 4.79 Å². The minimum Gasteiger partial charge on any atom is -0.480 e. The van der Waals surface area contributed by atoms with Gasteiger partial charge in [-0.3, -0.25) is 19.4 Å². The van der Waals surface area contributed by atoms with Crippen molar-refractivity contribution >= 4 is 41.4 Å². The van der Waals surface area contributed by atoms with Crippen LogP contribution in [0.2, 0.25) is 0 Å². The van der Waals surface area contributed by atoms with Crippen molar-refractivity contribution in [3.63, 3.8) is 0 Å². The second kappa shape index (κ2) is 15.3. The summed E-state index contributed by atoms with van der Waals surface area (Å²) >= 11 is 1.51. The molecule has 12 nitrogen and oxygen atoms in total. The van der Waals surface area contributed by atoms with Gasteiger partial charge >= 0.3 is 5.97 Å². The highest BCUT2D eigenvalue weighted by atomic mass is 32.2. The highest BCUT2D eigenvalue weighted by Crippen LogP contribution is 2.08. The number of carbonyl (C=O) groups is 4. The molecule has 0 heterocycles. The molecule has 3 amide bonds. The van der Waals surface area contributed by atoms with Crippen LogP contribution in [-0.2, 0) is 19.2 Å². The molecule has 0 radical (unpaired) electrons. The normalized spacial score (nSPS) is 14.6. The first-order valence-corrected chi connectivity index (χ1v) is 11.7. The van der Waals surface area contributed by atoms with Gasteiger partial charge in [0.25, 0.3) is 0 Å². The summed E-state index contributed by atoms with van der Waals surface area (Å²) < 4.78 is 0. The van der Waals surface area contributed by atoms with Crippen molar-refractivity contribution in [2.24, 2.45) is 28.1 Å². The number of aliphatic carboxylic acids is 1. The molecular formula is C19H37N7O5S. The number of hydrogen-bond acceptors (Lipinski definition) is 7. The summed E-state index contributed by atoms with van der Waals surface area (Å²) in [6.07, 6.45) is 2.66. The number of hydrogen-bond donors (Lipinski definition) is 7. The van der Waals surface area contributed by atoms with Gasteiger partial charge in [0.2, 0.25) is 17.7 Å². The topological polar surface area (TPSA) is 215 Å². The van der Waals surface area contributed by atoms with Crippen molar-refractivity contribution in [3.05, 3.63) is 0 Å². The first kappa shape index (κ1) is 29.5. The van der Waals surface area contributed by atoms with Gasteiger partial charge < -0.3 is 38.3 Å². The van der Waals surface area contributed by atoms with E-state index in [9.17, 15) is 24.3 Å². The predicted molar refractivity (Wildman–Crippen MR) is 125 cm³/mol. The van der Waals surface area contributed by atoms with Crippen molar-refractivity contribution in [3.8, 4) is 0 Å². The summed E-state index contributed by atoms with van der Waals surface area (Å²) in [6, 6.07) is -3.82. The molecule has 32 heavy (non-hydrogen) atoms. The van der Waals surface area contributed by atoms with E-state index in [-0.39, 0.29) is 24.8 Å². The Hall–Kier alpha value is -2.54. The lowest BCUT2D eigenvalue weighted by atomic mass is 10.0. The van der Waals surface area contributed by atoms with Gasteiger partial charge in [0.05, 0.1) is 6.04 Å². The number of rotatable bonds is 15. The monoisotopic (exact) mass is 475 g/mol. The number of guanidine groups is 1. The molecule has 0 saturated heterocycles. The zero-order chi connectivity index (χ0) is 24.8. The molecule has 0 rings (SSSR count). The van der Waals surface area contributed by atoms with Crippen LogP contribution < -0.4 is 33.2 Å². The smallest absolute Gasteiger partial charge is 0.326 e. The van der Waals surface area contributed by atoms with Crippen LogP contribution in [0.1, 0.15) is 40.0 Å². The number of thioether (sulfide) groups is 1. The van der Waals surface area contributed by atoms with E-state index in [0.29, 0.717) is 18.6 Å². The third-order valence-corrected chi connectivity index (χ3v) is 5.11. The molecule has 13 heteroatoms. The van der Waals surface area contributed by atoms with E-state index in [1.807, 2.05) is 6.26 Å². The van der Waals surface area contributed by atoms with E-state index >= 15 is 0 Å². The number of carboxylic acid groups (broad SMARTS) is 1. The summed E-state index contributed by atoms with van der Waals surface area (Å²) in [5.74, 6) is -2.70. The predicted octanol–water partition coefficient (Wildman–Crippen LogP) is -1.66. The summed E-state index contributed by atoms with van der Waals surface area (Å²) in [7, 11) is 0. The van der Waals surface area contributed by atoms with E-state index in [0.717, 1.165) is 0 Å². The van der Waals surface area contributed by atoms with Crippen LogP contribution in [0.15, 0.2) is 4.99 Å². The molecule has 0 aliphatic heterocycles. The molecule has 0 aromatic heterocycles. The molecule has 0 spiro atoms. The van der Waals surface area contributed by atoms with Crippen LogP contribution in [-0.4, -0.2) is 77.5 Å². The van der Waals surface area contributed by atoms with Crippen LogP contribution >= 0.6 is 11.8 Å². The van der Waals surface area contributed by atoms with E-state index in [4.69, 9.17) is 17.2 Å².